The molecule has 0 aliphatic carbocycles. The molecule has 2 heterocycles. The van der Waals surface area contributed by atoms with Crippen LogP contribution in [-0.4, -0.2) is 38.2 Å². The topological polar surface area (TPSA) is 24.5 Å². The van der Waals surface area contributed by atoms with Crippen LogP contribution < -0.4 is 5.48 Å². The van der Waals surface area contributed by atoms with Crippen LogP contribution in [0.2, 0.25) is 0 Å². The Balaban J connectivity index is 1.97. The predicted octanol–water partition coefficient (Wildman–Crippen LogP) is -0.301. The minimum absolute atomic E-state index is 0.784. The average Bonchev–Trinajstić information content (AvgIpc) is 2.27. The fraction of sp³-hybridized carbons (Fsp3) is 1.00. The van der Waals surface area contributed by atoms with E-state index in [2.05, 4.69) is 17.4 Å². The summed E-state index contributed by atoms with van der Waals surface area (Å²) >= 11 is 0. The third kappa shape index (κ3) is 1.05. The second-order valence-electron chi connectivity index (χ2n) is 3.40. The van der Waals surface area contributed by atoms with Crippen molar-refractivity contribution in [3.05, 3.63) is 0 Å². The molecule has 2 unspecified atom stereocenters. The molecular formula is C7H14N2O. The van der Waals surface area contributed by atoms with Crippen molar-refractivity contribution < 1.29 is 4.84 Å². The zero-order valence-electron chi connectivity index (χ0n) is 6.34. The monoisotopic (exact) mass is 142 g/mol. The lowest BCUT2D eigenvalue weighted by Gasteiger charge is -2.24. The van der Waals surface area contributed by atoms with Gasteiger partial charge in [-0.15, -0.1) is 0 Å². The average molecular weight is 142 g/mol. The van der Waals surface area contributed by atoms with Crippen LogP contribution in [0.4, 0.5) is 0 Å². The summed E-state index contributed by atoms with van der Waals surface area (Å²) in [5.41, 5.74) is 2.95. The summed E-state index contributed by atoms with van der Waals surface area (Å²) in [7, 11) is 2.18. The van der Waals surface area contributed by atoms with Gasteiger partial charge < -0.3 is 9.74 Å². The van der Waals surface area contributed by atoms with Crippen molar-refractivity contribution in [2.45, 2.75) is 0 Å². The summed E-state index contributed by atoms with van der Waals surface area (Å²) in [5, 5.41) is 0. The smallest absolute Gasteiger partial charge is 0.0726 e. The molecule has 0 saturated carbocycles. The fourth-order valence-electron chi connectivity index (χ4n) is 1.93. The summed E-state index contributed by atoms with van der Waals surface area (Å²) in [6.07, 6.45) is 0. The summed E-state index contributed by atoms with van der Waals surface area (Å²) in [6, 6.07) is 0. The summed E-state index contributed by atoms with van der Waals surface area (Å²) in [5.74, 6) is 1.62. The zero-order valence-corrected chi connectivity index (χ0v) is 6.34. The van der Waals surface area contributed by atoms with E-state index in [1.54, 1.807) is 0 Å². The molecule has 0 amide bonds. The largest absolute Gasteiger partial charge is 0.306 e. The van der Waals surface area contributed by atoms with Crippen LogP contribution in [0.3, 0.4) is 0 Å². The molecule has 1 N–H and O–H groups in total. The Hall–Kier alpha value is -0.120. The molecular weight excluding hydrogens is 128 g/mol. The number of hydroxylamine groups is 1. The minimum Gasteiger partial charge on any atom is -0.306 e. The van der Waals surface area contributed by atoms with Gasteiger partial charge in [-0.1, -0.05) is 0 Å². The molecule has 2 fully saturated rings. The van der Waals surface area contributed by atoms with Crippen molar-refractivity contribution in [2.24, 2.45) is 11.8 Å². The van der Waals surface area contributed by atoms with E-state index in [-0.39, 0.29) is 0 Å². The van der Waals surface area contributed by atoms with Crippen LogP contribution >= 0.6 is 0 Å². The van der Waals surface area contributed by atoms with Gasteiger partial charge in [-0.05, 0) is 13.0 Å². The Bertz CT molecular complexity index is 115. The number of fused-ring (bicyclic) bond motifs is 1. The van der Waals surface area contributed by atoms with Gasteiger partial charge in [-0.25, -0.2) is 5.48 Å². The Morgan fingerprint density at radius 3 is 3.00 bits per heavy atom. The third-order valence-electron chi connectivity index (χ3n) is 2.50. The lowest BCUT2D eigenvalue weighted by atomic mass is 9.96. The number of likely N-dealkylation sites (tertiary alicyclic amines) is 1. The van der Waals surface area contributed by atoms with Crippen molar-refractivity contribution in [1.82, 2.24) is 10.4 Å². The van der Waals surface area contributed by atoms with E-state index in [4.69, 9.17) is 4.84 Å². The van der Waals surface area contributed by atoms with Gasteiger partial charge in [0, 0.05) is 25.6 Å². The van der Waals surface area contributed by atoms with Crippen LogP contribution in [0, 0.1) is 11.8 Å². The first-order valence-corrected chi connectivity index (χ1v) is 3.89. The number of hydrogen-bond acceptors (Lipinski definition) is 3. The number of nitrogens with one attached hydrogen (secondary N) is 1. The minimum atomic E-state index is 0.784. The standard InChI is InChI=1S/C7H14N2O/c1-9-3-6-2-8-10-5-7(6)4-9/h6-8H,2-5H2,1H3. The van der Waals surface area contributed by atoms with Crippen LogP contribution in [0.5, 0.6) is 0 Å². The molecule has 0 radical (unpaired) electrons. The molecule has 2 aliphatic rings. The van der Waals surface area contributed by atoms with Crippen molar-refractivity contribution >= 4 is 0 Å². The van der Waals surface area contributed by atoms with Crippen molar-refractivity contribution in [3.63, 3.8) is 0 Å². The molecule has 2 aliphatic heterocycles. The normalized spacial score (nSPS) is 41.7. The Kier molecular flexibility index (Phi) is 1.64. The van der Waals surface area contributed by atoms with Gasteiger partial charge in [0.05, 0.1) is 6.61 Å². The summed E-state index contributed by atoms with van der Waals surface area (Å²) < 4.78 is 0. The maximum absolute atomic E-state index is 5.16. The number of hydrogen-bond donors (Lipinski definition) is 1. The van der Waals surface area contributed by atoms with E-state index in [1.165, 1.54) is 13.1 Å². The highest BCUT2D eigenvalue weighted by molar-refractivity contribution is 4.84. The third-order valence-corrected chi connectivity index (χ3v) is 2.50. The SMILES string of the molecule is CN1CC2CNOCC2C1. The summed E-state index contributed by atoms with van der Waals surface area (Å²) in [4.78, 5) is 7.54. The number of nitrogens with zero attached hydrogens (tertiary/aromatic N) is 1. The molecule has 0 bridgehead atoms. The molecule has 58 valence electrons. The molecule has 2 atom stereocenters. The lowest BCUT2D eigenvalue weighted by molar-refractivity contribution is -0.0326. The Morgan fingerprint density at radius 2 is 2.20 bits per heavy atom. The van der Waals surface area contributed by atoms with Crippen LogP contribution in [-0.2, 0) is 4.84 Å². The predicted molar refractivity (Wildman–Crippen MR) is 38.4 cm³/mol. The van der Waals surface area contributed by atoms with Gasteiger partial charge in [0.1, 0.15) is 0 Å². The maximum Gasteiger partial charge on any atom is 0.0726 e. The highest BCUT2D eigenvalue weighted by atomic mass is 16.6. The van der Waals surface area contributed by atoms with E-state index in [1.807, 2.05) is 0 Å². The molecule has 2 rings (SSSR count). The van der Waals surface area contributed by atoms with Gasteiger partial charge >= 0.3 is 0 Å². The molecule has 10 heavy (non-hydrogen) atoms. The van der Waals surface area contributed by atoms with Crippen LogP contribution in [0.15, 0.2) is 0 Å². The first kappa shape index (κ1) is 6.58. The van der Waals surface area contributed by atoms with E-state index < -0.39 is 0 Å². The second kappa shape index (κ2) is 2.49. The van der Waals surface area contributed by atoms with Gasteiger partial charge in [0.25, 0.3) is 0 Å². The Labute approximate surface area is 61.3 Å². The van der Waals surface area contributed by atoms with E-state index in [0.717, 1.165) is 25.0 Å². The van der Waals surface area contributed by atoms with Gasteiger partial charge in [0.15, 0.2) is 0 Å². The highest BCUT2D eigenvalue weighted by Crippen LogP contribution is 2.23. The first-order chi connectivity index (χ1) is 4.86. The van der Waals surface area contributed by atoms with Crippen molar-refractivity contribution in [1.29, 1.82) is 0 Å². The quantitative estimate of drug-likeness (QED) is 0.502. The maximum atomic E-state index is 5.16. The van der Waals surface area contributed by atoms with Crippen LogP contribution in [0.1, 0.15) is 0 Å². The molecule has 0 aromatic rings. The van der Waals surface area contributed by atoms with Gasteiger partial charge in [0.2, 0.25) is 0 Å². The van der Waals surface area contributed by atoms with E-state index >= 15 is 0 Å². The molecule has 3 nitrogen and oxygen atoms in total. The summed E-state index contributed by atoms with van der Waals surface area (Å²) in [6.45, 7) is 4.39. The van der Waals surface area contributed by atoms with E-state index in [9.17, 15) is 0 Å². The lowest BCUT2D eigenvalue weighted by Crippen LogP contribution is -2.37. The zero-order chi connectivity index (χ0) is 6.97. The molecule has 3 heteroatoms. The van der Waals surface area contributed by atoms with E-state index in [0.29, 0.717) is 0 Å². The second-order valence-corrected chi connectivity index (χ2v) is 3.40. The molecule has 0 aromatic heterocycles. The van der Waals surface area contributed by atoms with Gasteiger partial charge in [-0.2, -0.15) is 0 Å². The molecule has 0 spiro atoms. The highest BCUT2D eigenvalue weighted by Gasteiger charge is 2.33. The van der Waals surface area contributed by atoms with Crippen molar-refractivity contribution in [2.75, 3.05) is 33.3 Å². The fourth-order valence-corrected chi connectivity index (χ4v) is 1.93. The van der Waals surface area contributed by atoms with Crippen molar-refractivity contribution in [3.8, 4) is 0 Å². The van der Waals surface area contributed by atoms with Gasteiger partial charge in [-0.3, -0.25) is 0 Å². The number of rotatable bonds is 0. The molecule has 0 aromatic carbocycles. The first-order valence-electron chi connectivity index (χ1n) is 3.89. The molecule has 2 saturated heterocycles. The Morgan fingerprint density at radius 1 is 1.40 bits per heavy atom. The van der Waals surface area contributed by atoms with Crippen LogP contribution in [0.25, 0.3) is 0 Å².